The van der Waals surface area contributed by atoms with E-state index in [1.54, 1.807) is 6.92 Å². The first-order chi connectivity index (χ1) is 11.1. The predicted molar refractivity (Wildman–Crippen MR) is 87.1 cm³/mol. The largest absolute Gasteiger partial charge is 0.300 e. The monoisotopic (exact) mass is 306 g/mol. The van der Waals surface area contributed by atoms with E-state index >= 15 is 0 Å². The van der Waals surface area contributed by atoms with Crippen molar-refractivity contribution in [3.05, 3.63) is 35.9 Å². The van der Waals surface area contributed by atoms with Crippen LogP contribution in [0.15, 0.2) is 30.3 Å². The Hall–Kier alpha value is -2.13. The third-order valence-electron chi connectivity index (χ3n) is 6.15. The van der Waals surface area contributed by atoms with Crippen LogP contribution in [0.5, 0.6) is 0 Å². The van der Waals surface area contributed by atoms with Crippen LogP contribution < -0.4 is 0 Å². The fourth-order valence-electron chi connectivity index (χ4n) is 5.20. The highest BCUT2D eigenvalue weighted by Gasteiger charge is 2.59. The first-order valence-electron chi connectivity index (χ1n) is 8.48. The minimum atomic E-state index is -0.608. The smallest absolute Gasteiger partial charge is 0.139 e. The van der Waals surface area contributed by atoms with Gasteiger partial charge < -0.3 is 0 Å². The Morgan fingerprint density at radius 2 is 1.91 bits per heavy atom. The average Bonchev–Trinajstić information content (AvgIpc) is 2.93. The summed E-state index contributed by atoms with van der Waals surface area (Å²) < 4.78 is 0. The van der Waals surface area contributed by atoms with Crippen molar-refractivity contribution < 1.29 is 4.79 Å². The number of carbonyl (C=O) groups is 1. The summed E-state index contributed by atoms with van der Waals surface area (Å²) in [5.74, 6) is -0.0645. The number of nitriles is 2. The number of nitrogens with zero attached hydrogens (tertiary/aromatic N) is 2. The van der Waals surface area contributed by atoms with Crippen molar-refractivity contribution in [2.45, 2.75) is 44.9 Å². The summed E-state index contributed by atoms with van der Waals surface area (Å²) in [5, 5.41) is 19.1. The molecule has 1 aromatic carbocycles. The van der Waals surface area contributed by atoms with E-state index < -0.39 is 5.92 Å². The molecule has 118 valence electrons. The summed E-state index contributed by atoms with van der Waals surface area (Å²) in [6.07, 6.45) is 4.80. The van der Waals surface area contributed by atoms with Gasteiger partial charge in [0.1, 0.15) is 11.7 Å². The zero-order valence-electron chi connectivity index (χ0n) is 13.5. The highest BCUT2D eigenvalue weighted by Crippen LogP contribution is 2.63. The number of hydrogen-bond donors (Lipinski definition) is 0. The maximum atomic E-state index is 12.3. The lowest BCUT2D eigenvalue weighted by Gasteiger charge is -2.42. The van der Waals surface area contributed by atoms with Gasteiger partial charge in [-0.1, -0.05) is 43.2 Å². The van der Waals surface area contributed by atoms with Gasteiger partial charge in [-0.25, -0.2) is 0 Å². The second-order valence-electron chi connectivity index (χ2n) is 7.13. The molecule has 0 amide bonds. The van der Waals surface area contributed by atoms with E-state index in [9.17, 15) is 15.3 Å². The van der Waals surface area contributed by atoms with E-state index in [0.717, 1.165) is 25.7 Å². The van der Waals surface area contributed by atoms with Crippen LogP contribution in [-0.2, 0) is 4.79 Å². The van der Waals surface area contributed by atoms with Crippen molar-refractivity contribution in [1.82, 2.24) is 0 Å². The topological polar surface area (TPSA) is 64.7 Å². The van der Waals surface area contributed by atoms with Crippen molar-refractivity contribution >= 4 is 5.78 Å². The van der Waals surface area contributed by atoms with Crippen LogP contribution >= 0.6 is 0 Å². The molecule has 2 saturated carbocycles. The van der Waals surface area contributed by atoms with E-state index in [2.05, 4.69) is 24.3 Å². The van der Waals surface area contributed by atoms with Gasteiger partial charge in [-0.2, -0.15) is 10.5 Å². The highest BCUT2D eigenvalue weighted by molar-refractivity contribution is 5.80. The molecule has 0 aliphatic heterocycles. The Bertz CT molecular complexity index is 655. The van der Waals surface area contributed by atoms with E-state index in [4.69, 9.17) is 0 Å². The molecule has 4 atom stereocenters. The second kappa shape index (κ2) is 6.17. The third kappa shape index (κ3) is 2.45. The second-order valence-corrected chi connectivity index (χ2v) is 7.13. The van der Waals surface area contributed by atoms with Gasteiger partial charge in [0.2, 0.25) is 0 Å². The number of fused-ring (bicyclic) bond motifs is 1. The van der Waals surface area contributed by atoms with Crippen LogP contribution in [0.2, 0.25) is 0 Å². The van der Waals surface area contributed by atoms with Crippen molar-refractivity contribution in [1.29, 1.82) is 10.5 Å². The lowest BCUT2D eigenvalue weighted by Crippen LogP contribution is -2.37. The van der Waals surface area contributed by atoms with Crippen LogP contribution in [0.25, 0.3) is 0 Å². The number of carbonyl (C=O) groups excluding carboxylic acids is 1. The van der Waals surface area contributed by atoms with E-state index in [-0.39, 0.29) is 29.0 Å². The lowest BCUT2D eigenvalue weighted by atomic mass is 9.60. The molecular formula is C20H22N2O. The fraction of sp³-hybridized carbons (Fsp3) is 0.550. The van der Waals surface area contributed by atoms with Gasteiger partial charge in [-0.3, -0.25) is 4.79 Å². The van der Waals surface area contributed by atoms with Crippen molar-refractivity contribution in [2.75, 3.05) is 0 Å². The Labute approximate surface area is 137 Å². The maximum Gasteiger partial charge on any atom is 0.139 e. The minimum Gasteiger partial charge on any atom is -0.300 e. The quantitative estimate of drug-likeness (QED) is 0.839. The first-order valence-corrected chi connectivity index (χ1v) is 8.48. The molecule has 0 saturated heterocycles. The van der Waals surface area contributed by atoms with Crippen LogP contribution in [-0.4, -0.2) is 5.78 Å². The molecule has 2 aliphatic carbocycles. The Morgan fingerprint density at radius 3 is 2.52 bits per heavy atom. The minimum absolute atomic E-state index is 0.0651. The summed E-state index contributed by atoms with van der Waals surface area (Å²) in [6.45, 7) is 1.67. The van der Waals surface area contributed by atoms with Gasteiger partial charge in [0.15, 0.2) is 0 Å². The van der Waals surface area contributed by atoms with Gasteiger partial charge in [-0.05, 0) is 43.6 Å². The van der Waals surface area contributed by atoms with Crippen LogP contribution in [0.4, 0.5) is 0 Å². The Morgan fingerprint density at radius 1 is 1.22 bits per heavy atom. The van der Waals surface area contributed by atoms with Crippen molar-refractivity contribution in [3.63, 3.8) is 0 Å². The predicted octanol–water partition coefficient (Wildman–Crippen LogP) is 4.22. The molecule has 23 heavy (non-hydrogen) atoms. The van der Waals surface area contributed by atoms with Gasteiger partial charge in [-0.15, -0.1) is 0 Å². The summed E-state index contributed by atoms with van der Waals surface area (Å²) in [5.41, 5.74) is 0.884. The van der Waals surface area contributed by atoms with Crippen molar-refractivity contribution in [2.24, 2.45) is 23.2 Å². The fourth-order valence-corrected chi connectivity index (χ4v) is 5.20. The van der Waals surface area contributed by atoms with E-state index in [0.29, 0.717) is 6.42 Å². The SMILES string of the molecule is CC(=O)[C@@H]1C[C@]2(C(C#N)C#N)CCCC[C@@H]2[C@H]1c1ccccc1. The Balaban J connectivity index is 2.10. The first kappa shape index (κ1) is 15.8. The van der Waals surface area contributed by atoms with E-state index in [1.165, 1.54) is 5.56 Å². The van der Waals surface area contributed by atoms with Gasteiger partial charge in [0.25, 0.3) is 0 Å². The zero-order chi connectivity index (χ0) is 16.4. The molecule has 0 N–H and O–H groups in total. The molecule has 2 aliphatic rings. The molecule has 0 aromatic heterocycles. The number of rotatable bonds is 3. The molecule has 3 nitrogen and oxygen atoms in total. The molecule has 3 heteroatoms. The van der Waals surface area contributed by atoms with Gasteiger partial charge in [0, 0.05) is 11.3 Å². The lowest BCUT2D eigenvalue weighted by molar-refractivity contribution is -0.121. The summed E-state index contributed by atoms with van der Waals surface area (Å²) in [6, 6.07) is 14.7. The summed E-state index contributed by atoms with van der Waals surface area (Å²) >= 11 is 0. The molecule has 0 radical (unpaired) electrons. The highest BCUT2D eigenvalue weighted by atomic mass is 16.1. The zero-order valence-corrected chi connectivity index (χ0v) is 13.5. The molecule has 1 aromatic rings. The van der Waals surface area contributed by atoms with Gasteiger partial charge in [0.05, 0.1) is 12.1 Å². The average molecular weight is 306 g/mol. The number of ketones is 1. The molecule has 0 bridgehead atoms. The molecule has 0 heterocycles. The maximum absolute atomic E-state index is 12.3. The molecule has 0 unspecified atom stereocenters. The van der Waals surface area contributed by atoms with E-state index in [1.807, 2.05) is 18.2 Å². The normalized spacial score (nSPS) is 32.8. The van der Waals surface area contributed by atoms with Gasteiger partial charge >= 0.3 is 0 Å². The third-order valence-corrected chi connectivity index (χ3v) is 6.15. The Kier molecular flexibility index (Phi) is 4.22. The standard InChI is InChI=1S/C20H22N2O/c1-14(23)17-11-20(16(12-21)13-22)10-6-5-9-18(20)19(17)15-7-3-2-4-8-15/h2-4,7-8,16-19H,5-6,9-11H2,1H3/t17-,18+,19-,20-/m0/s1. The van der Waals surface area contributed by atoms with Crippen LogP contribution in [0, 0.1) is 45.8 Å². The van der Waals surface area contributed by atoms with Crippen LogP contribution in [0.3, 0.4) is 0 Å². The molecule has 0 spiro atoms. The number of benzene rings is 1. The number of hydrogen-bond acceptors (Lipinski definition) is 3. The van der Waals surface area contributed by atoms with Crippen molar-refractivity contribution in [3.8, 4) is 12.1 Å². The molecular weight excluding hydrogens is 284 g/mol. The molecule has 2 fully saturated rings. The number of Topliss-reactive ketones (excluding diaryl/α,β-unsaturated/α-hetero) is 1. The summed E-state index contributed by atoms with van der Waals surface area (Å²) in [7, 11) is 0. The summed E-state index contributed by atoms with van der Waals surface area (Å²) in [4.78, 5) is 12.3. The van der Waals surface area contributed by atoms with Crippen LogP contribution in [0.1, 0.15) is 50.5 Å². The molecule has 3 rings (SSSR count).